The van der Waals surface area contributed by atoms with Gasteiger partial charge in [0.05, 0.1) is 19.4 Å². The molecule has 2 aliphatic rings. The minimum absolute atomic E-state index is 0.0622. The van der Waals surface area contributed by atoms with Crippen molar-refractivity contribution in [2.45, 2.75) is 6.42 Å². The molecule has 2 N–H and O–H groups in total. The second-order valence-corrected chi connectivity index (χ2v) is 7.97. The van der Waals surface area contributed by atoms with E-state index in [0.29, 0.717) is 54.5 Å². The Hall–Kier alpha value is -4.18. The summed E-state index contributed by atoms with van der Waals surface area (Å²) in [4.78, 5) is 41.1. The van der Waals surface area contributed by atoms with Crippen molar-refractivity contribution in [2.75, 3.05) is 43.2 Å². The first-order valence-electron chi connectivity index (χ1n) is 10.8. The van der Waals surface area contributed by atoms with Gasteiger partial charge in [0.15, 0.2) is 5.69 Å². The number of anilines is 2. The Bertz CT molecular complexity index is 1270. The lowest BCUT2D eigenvalue weighted by molar-refractivity contribution is -0.125. The van der Waals surface area contributed by atoms with Crippen molar-refractivity contribution in [3.05, 3.63) is 65.5 Å². The summed E-state index contributed by atoms with van der Waals surface area (Å²) >= 11 is 0. The highest BCUT2D eigenvalue weighted by Gasteiger charge is 2.34. The van der Waals surface area contributed by atoms with E-state index in [2.05, 4.69) is 5.10 Å². The third-order valence-electron chi connectivity index (χ3n) is 6.03. The van der Waals surface area contributed by atoms with Crippen LogP contribution < -0.4 is 20.3 Å². The molecule has 3 aromatic rings. The molecule has 174 valence electrons. The predicted octanol–water partition coefficient (Wildman–Crippen LogP) is 1.55. The smallest absolute Gasteiger partial charge is 0.277 e. The summed E-state index contributed by atoms with van der Waals surface area (Å²) in [5.74, 6) is -0.400. The molecule has 2 aliphatic heterocycles. The number of nitrogens with two attached hydrogens (primary N) is 1. The predicted molar refractivity (Wildman–Crippen MR) is 124 cm³/mol. The van der Waals surface area contributed by atoms with Crippen LogP contribution in [0.25, 0.3) is 5.69 Å². The molecule has 0 spiro atoms. The molecule has 0 bridgehead atoms. The van der Waals surface area contributed by atoms with Crippen molar-refractivity contribution >= 4 is 29.1 Å². The lowest BCUT2D eigenvalue weighted by Gasteiger charge is -2.29. The number of carbonyl (C=O) groups is 3. The van der Waals surface area contributed by atoms with Gasteiger partial charge in [-0.25, -0.2) is 4.68 Å². The van der Waals surface area contributed by atoms with Gasteiger partial charge in [0, 0.05) is 30.0 Å². The lowest BCUT2D eigenvalue weighted by Crippen LogP contribution is -2.41. The molecule has 2 aromatic carbocycles. The average Bonchev–Trinajstić information content (AvgIpc) is 3.26. The number of morpholine rings is 1. The van der Waals surface area contributed by atoms with Gasteiger partial charge in [-0.15, -0.1) is 0 Å². The summed E-state index contributed by atoms with van der Waals surface area (Å²) in [6, 6.07) is 14.3. The highest BCUT2D eigenvalue weighted by atomic mass is 16.5. The van der Waals surface area contributed by atoms with Crippen LogP contribution in [0.2, 0.25) is 0 Å². The first kappa shape index (κ1) is 21.7. The topological polar surface area (TPSA) is 120 Å². The van der Waals surface area contributed by atoms with E-state index in [9.17, 15) is 14.4 Å². The van der Waals surface area contributed by atoms with Gasteiger partial charge < -0.3 is 25.0 Å². The van der Waals surface area contributed by atoms with Crippen molar-refractivity contribution in [1.29, 1.82) is 0 Å². The minimum atomic E-state index is -0.677. The van der Waals surface area contributed by atoms with E-state index in [1.54, 1.807) is 41.2 Å². The van der Waals surface area contributed by atoms with Crippen molar-refractivity contribution in [1.82, 2.24) is 9.78 Å². The zero-order valence-electron chi connectivity index (χ0n) is 18.6. The van der Waals surface area contributed by atoms with Gasteiger partial charge in [-0.2, -0.15) is 5.10 Å². The van der Waals surface area contributed by atoms with Gasteiger partial charge in [-0.1, -0.05) is 0 Å². The fourth-order valence-corrected chi connectivity index (χ4v) is 4.32. The van der Waals surface area contributed by atoms with E-state index in [4.69, 9.17) is 15.2 Å². The van der Waals surface area contributed by atoms with Crippen LogP contribution in [0, 0.1) is 0 Å². The monoisotopic (exact) mass is 461 g/mol. The molecule has 0 saturated carbocycles. The highest BCUT2D eigenvalue weighted by molar-refractivity contribution is 6.09. The Balaban J connectivity index is 1.49. The Kier molecular flexibility index (Phi) is 5.50. The van der Waals surface area contributed by atoms with Crippen LogP contribution in [0.3, 0.4) is 0 Å². The molecule has 10 nitrogen and oxygen atoms in total. The Labute approximate surface area is 195 Å². The van der Waals surface area contributed by atoms with Crippen molar-refractivity contribution < 1.29 is 23.9 Å². The molecule has 0 unspecified atom stereocenters. The Morgan fingerprint density at radius 3 is 2.24 bits per heavy atom. The van der Waals surface area contributed by atoms with Crippen LogP contribution in [0.4, 0.5) is 11.4 Å². The van der Waals surface area contributed by atoms with E-state index in [1.807, 2.05) is 24.3 Å². The fourth-order valence-electron chi connectivity index (χ4n) is 4.32. The standard InChI is InChI=1S/C24H23N5O5/c1-33-18-8-6-17(7-9-18)29-22-19(21(26-29)23(25)31)10-11-28(24(22)32)16-4-2-15(3-5-16)27-12-13-34-14-20(27)30/h2-9H,10-14H2,1H3,(H2,25,31). The maximum Gasteiger partial charge on any atom is 0.277 e. The minimum Gasteiger partial charge on any atom is -0.497 e. The molecule has 34 heavy (non-hydrogen) atoms. The first-order chi connectivity index (χ1) is 16.5. The van der Waals surface area contributed by atoms with Crippen LogP contribution in [0.15, 0.2) is 48.5 Å². The van der Waals surface area contributed by atoms with Gasteiger partial charge in [0.25, 0.3) is 17.7 Å². The van der Waals surface area contributed by atoms with E-state index in [1.165, 1.54) is 4.68 Å². The summed E-state index contributed by atoms with van der Waals surface area (Å²) < 4.78 is 11.9. The number of nitrogens with zero attached hydrogens (tertiary/aromatic N) is 4. The fraction of sp³-hybridized carbons (Fsp3) is 0.250. The SMILES string of the molecule is COc1ccc(-n2nc(C(N)=O)c3c2C(=O)N(c2ccc(N4CCOCC4=O)cc2)CC3)cc1. The molecule has 1 fully saturated rings. The number of aromatic nitrogens is 2. The molecule has 0 radical (unpaired) electrons. The van der Waals surface area contributed by atoms with Gasteiger partial charge in [0.2, 0.25) is 0 Å². The first-order valence-corrected chi connectivity index (χ1v) is 10.8. The van der Waals surface area contributed by atoms with E-state index >= 15 is 0 Å². The number of methoxy groups -OCH3 is 1. The van der Waals surface area contributed by atoms with Crippen molar-refractivity contribution in [3.8, 4) is 11.4 Å². The zero-order valence-corrected chi connectivity index (χ0v) is 18.6. The van der Waals surface area contributed by atoms with Crippen molar-refractivity contribution in [2.24, 2.45) is 5.73 Å². The molecule has 1 aromatic heterocycles. The number of ether oxygens (including phenoxy) is 2. The normalized spacial score (nSPS) is 15.9. The third-order valence-corrected chi connectivity index (χ3v) is 6.03. The summed E-state index contributed by atoms with van der Waals surface area (Å²) in [6.07, 6.45) is 0.430. The highest BCUT2D eigenvalue weighted by Crippen LogP contribution is 2.30. The summed E-state index contributed by atoms with van der Waals surface area (Å²) in [5.41, 5.74) is 8.55. The molecule has 1 saturated heterocycles. The quantitative estimate of drug-likeness (QED) is 0.616. The molecule has 0 atom stereocenters. The molecular formula is C24H23N5O5. The molecule has 0 aliphatic carbocycles. The maximum atomic E-state index is 13.6. The van der Waals surface area contributed by atoms with Crippen molar-refractivity contribution in [3.63, 3.8) is 0 Å². The molecule has 3 heterocycles. The summed E-state index contributed by atoms with van der Waals surface area (Å²) in [7, 11) is 1.57. The number of fused-ring (bicyclic) bond motifs is 1. The number of primary amides is 1. The molecular weight excluding hydrogens is 438 g/mol. The van der Waals surface area contributed by atoms with Crippen LogP contribution in [-0.2, 0) is 16.0 Å². The Morgan fingerprint density at radius 2 is 1.62 bits per heavy atom. The third kappa shape index (κ3) is 3.67. The van der Waals surface area contributed by atoms with Crippen LogP contribution >= 0.6 is 0 Å². The Morgan fingerprint density at radius 1 is 0.971 bits per heavy atom. The van der Waals surface area contributed by atoms with Crippen LogP contribution in [0.5, 0.6) is 5.75 Å². The number of hydrogen-bond acceptors (Lipinski definition) is 6. The van der Waals surface area contributed by atoms with Crippen LogP contribution in [0.1, 0.15) is 26.5 Å². The number of rotatable bonds is 5. The number of benzene rings is 2. The second kappa shape index (κ2) is 8.64. The lowest BCUT2D eigenvalue weighted by atomic mass is 10.0. The number of carbonyl (C=O) groups excluding carboxylic acids is 3. The van der Waals surface area contributed by atoms with Gasteiger partial charge in [-0.3, -0.25) is 14.4 Å². The van der Waals surface area contributed by atoms with E-state index < -0.39 is 5.91 Å². The molecule has 5 rings (SSSR count). The summed E-state index contributed by atoms with van der Waals surface area (Å²) in [5, 5.41) is 4.38. The number of amides is 3. The van der Waals surface area contributed by atoms with Gasteiger partial charge in [0.1, 0.15) is 18.1 Å². The van der Waals surface area contributed by atoms with Crippen LogP contribution in [-0.4, -0.2) is 60.9 Å². The molecule has 3 amide bonds. The summed E-state index contributed by atoms with van der Waals surface area (Å²) in [6.45, 7) is 1.41. The second-order valence-electron chi connectivity index (χ2n) is 7.97. The maximum absolute atomic E-state index is 13.6. The largest absolute Gasteiger partial charge is 0.497 e. The molecule has 10 heteroatoms. The zero-order chi connectivity index (χ0) is 23.8. The average molecular weight is 461 g/mol. The van der Waals surface area contributed by atoms with Gasteiger partial charge >= 0.3 is 0 Å². The van der Waals surface area contributed by atoms with Gasteiger partial charge in [-0.05, 0) is 55.0 Å². The van der Waals surface area contributed by atoms with E-state index in [-0.39, 0.29) is 24.1 Å². The van der Waals surface area contributed by atoms with E-state index in [0.717, 1.165) is 5.69 Å². The number of hydrogen-bond donors (Lipinski definition) is 1.